The molecule has 12 heavy (non-hydrogen) atoms. The van der Waals surface area contributed by atoms with Crippen LogP contribution in [0, 0.1) is 5.92 Å². The maximum Gasteiger partial charge on any atom is 0.0622 e. The molecule has 3 atom stereocenters. The molecule has 0 aromatic rings. The molecule has 3 rings (SSSR count). The highest BCUT2D eigenvalue weighted by atomic mass is 16.5. The van der Waals surface area contributed by atoms with Crippen molar-refractivity contribution in [2.45, 2.75) is 45.3 Å². The Balaban J connectivity index is 2.06. The highest BCUT2D eigenvalue weighted by molar-refractivity contribution is 4.98. The van der Waals surface area contributed by atoms with Gasteiger partial charge in [0.25, 0.3) is 0 Å². The van der Waals surface area contributed by atoms with Crippen LogP contribution in [0.3, 0.4) is 0 Å². The van der Waals surface area contributed by atoms with Gasteiger partial charge in [0.15, 0.2) is 0 Å². The van der Waals surface area contributed by atoms with Gasteiger partial charge in [-0.15, -0.1) is 0 Å². The fourth-order valence-corrected chi connectivity index (χ4v) is 2.64. The molecule has 2 bridgehead atoms. The second-order valence-electron chi connectivity index (χ2n) is 4.51. The van der Waals surface area contributed by atoms with E-state index in [1.807, 2.05) is 0 Å². The normalized spacial score (nSPS) is 42.5. The minimum atomic E-state index is 0.692. The number of rotatable bonds is 1. The van der Waals surface area contributed by atoms with Gasteiger partial charge < -0.3 is 4.74 Å². The summed E-state index contributed by atoms with van der Waals surface area (Å²) in [6.45, 7) is 8.80. The Morgan fingerprint density at radius 1 is 1.33 bits per heavy atom. The second-order valence-corrected chi connectivity index (χ2v) is 4.51. The molecular formula is C10H19NO. The van der Waals surface area contributed by atoms with Crippen LogP contribution in [0.4, 0.5) is 0 Å². The molecule has 0 aliphatic carbocycles. The number of fused-ring (bicyclic) bond motifs is 3. The van der Waals surface area contributed by atoms with Crippen LogP contribution in [0.15, 0.2) is 0 Å². The van der Waals surface area contributed by atoms with E-state index in [0.717, 1.165) is 31.2 Å². The molecule has 0 aromatic heterocycles. The van der Waals surface area contributed by atoms with Gasteiger partial charge in [-0.25, -0.2) is 0 Å². The summed E-state index contributed by atoms with van der Waals surface area (Å²) >= 11 is 0. The van der Waals surface area contributed by atoms with Gasteiger partial charge in [0.2, 0.25) is 0 Å². The SMILES string of the molecule is CC(C)N1[C@@H]2COC[C@H](C)[C@H]1C2. The molecule has 0 spiro atoms. The third kappa shape index (κ3) is 1.17. The number of nitrogens with zero attached hydrogens (tertiary/aromatic N) is 1. The van der Waals surface area contributed by atoms with Gasteiger partial charge in [0.05, 0.1) is 13.2 Å². The molecule has 3 aliphatic rings. The number of hydrogen-bond donors (Lipinski definition) is 0. The van der Waals surface area contributed by atoms with Crippen molar-refractivity contribution in [3.05, 3.63) is 0 Å². The first-order chi connectivity index (χ1) is 5.70. The molecule has 3 fully saturated rings. The fraction of sp³-hybridized carbons (Fsp3) is 1.00. The molecule has 3 heterocycles. The lowest BCUT2D eigenvalue weighted by Crippen LogP contribution is -2.61. The summed E-state index contributed by atoms with van der Waals surface area (Å²) < 4.78 is 5.60. The Hall–Kier alpha value is -0.0800. The highest BCUT2D eigenvalue weighted by Gasteiger charge is 2.44. The average molecular weight is 169 g/mol. The number of ether oxygens (including phenoxy) is 1. The van der Waals surface area contributed by atoms with Crippen molar-refractivity contribution in [1.82, 2.24) is 4.90 Å². The zero-order valence-corrected chi connectivity index (χ0v) is 8.29. The van der Waals surface area contributed by atoms with E-state index in [4.69, 9.17) is 4.74 Å². The van der Waals surface area contributed by atoms with E-state index < -0.39 is 0 Å². The van der Waals surface area contributed by atoms with Crippen LogP contribution in [0.5, 0.6) is 0 Å². The summed E-state index contributed by atoms with van der Waals surface area (Å²) in [5.74, 6) is 0.728. The van der Waals surface area contributed by atoms with Gasteiger partial charge in [-0.3, -0.25) is 4.90 Å². The second kappa shape index (κ2) is 3.00. The zero-order chi connectivity index (χ0) is 8.72. The Morgan fingerprint density at radius 2 is 2.08 bits per heavy atom. The Morgan fingerprint density at radius 3 is 2.75 bits per heavy atom. The molecule has 3 aliphatic heterocycles. The molecule has 0 N–H and O–H groups in total. The predicted molar refractivity (Wildman–Crippen MR) is 49.2 cm³/mol. The fourth-order valence-electron chi connectivity index (χ4n) is 2.64. The van der Waals surface area contributed by atoms with Crippen LogP contribution < -0.4 is 0 Å². The lowest BCUT2D eigenvalue weighted by atomic mass is 9.84. The largest absolute Gasteiger partial charge is 0.379 e. The first kappa shape index (κ1) is 8.52. The summed E-state index contributed by atoms with van der Waals surface area (Å²) in [6, 6.07) is 2.22. The number of hydrogen-bond acceptors (Lipinski definition) is 2. The van der Waals surface area contributed by atoms with E-state index in [1.165, 1.54) is 6.42 Å². The van der Waals surface area contributed by atoms with Crippen molar-refractivity contribution in [2.75, 3.05) is 13.2 Å². The van der Waals surface area contributed by atoms with Crippen LogP contribution in [0.25, 0.3) is 0 Å². The van der Waals surface area contributed by atoms with E-state index in [2.05, 4.69) is 25.7 Å². The highest BCUT2D eigenvalue weighted by Crippen LogP contribution is 2.35. The monoisotopic (exact) mass is 169 g/mol. The molecule has 0 unspecified atom stereocenters. The summed E-state index contributed by atoms with van der Waals surface area (Å²) in [6.07, 6.45) is 1.36. The maximum absolute atomic E-state index is 5.60. The molecule has 2 heteroatoms. The summed E-state index contributed by atoms with van der Waals surface area (Å²) in [7, 11) is 0. The first-order valence-corrected chi connectivity index (χ1v) is 5.05. The van der Waals surface area contributed by atoms with E-state index in [1.54, 1.807) is 0 Å². The maximum atomic E-state index is 5.60. The van der Waals surface area contributed by atoms with Gasteiger partial charge in [-0.05, 0) is 26.2 Å². The van der Waals surface area contributed by atoms with Gasteiger partial charge >= 0.3 is 0 Å². The smallest absolute Gasteiger partial charge is 0.0622 e. The van der Waals surface area contributed by atoms with Crippen LogP contribution in [-0.4, -0.2) is 36.2 Å². The summed E-state index contributed by atoms with van der Waals surface area (Å²) in [4.78, 5) is 2.62. The van der Waals surface area contributed by atoms with Gasteiger partial charge in [0.1, 0.15) is 0 Å². The van der Waals surface area contributed by atoms with Crippen molar-refractivity contribution in [2.24, 2.45) is 5.92 Å². The van der Waals surface area contributed by atoms with Crippen molar-refractivity contribution in [1.29, 1.82) is 0 Å². The van der Waals surface area contributed by atoms with Crippen LogP contribution in [-0.2, 0) is 4.74 Å². The Bertz CT molecular complexity index is 169. The third-order valence-corrected chi connectivity index (χ3v) is 3.26. The van der Waals surface area contributed by atoms with Crippen LogP contribution >= 0.6 is 0 Å². The summed E-state index contributed by atoms with van der Waals surface area (Å²) in [5, 5.41) is 0. The standard InChI is InChI=1S/C10H19NO/c1-7(2)11-9-4-10(11)8(3)5-12-6-9/h7-10H,4-6H2,1-3H3/t8-,9-,10+/m0/s1. The summed E-state index contributed by atoms with van der Waals surface area (Å²) in [5.41, 5.74) is 0. The van der Waals surface area contributed by atoms with E-state index in [0.29, 0.717) is 6.04 Å². The van der Waals surface area contributed by atoms with Crippen molar-refractivity contribution in [3.8, 4) is 0 Å². The predicted octanol–water partition coefficient (Wildman–Crippen LogP) is 1.50. The zero-order valence-electron chi connectivity index (χ0n) is 8.29. The lowest BCUT2D eigenvalue weighted by Gasteiger charge is -2.51. The van der Waals surface area contributed by atoms with E-state index in [-0.39, 0.29) is 0 Å². The molecule has 0 amide bonds. The molecule has 0 saturated carbocycles. The van der Waals surface area contributed by atoms with Crippen molar-refractivity contribution in [3.63, 3.8) is 0 Å². The third-order valence-electron chi connectivity index (χ3n) is 3.26. The topological polar surface area (TPSA) is 12.5 Å². The molecular weight excluding hydrogens is 150 g/mol. The minimum absolute atomic E-state index is 0.692. The molecule has 2 nitrogen and oxygen atoms in total. The first-order valence-electron chi connectivity index (χ1n) is 5.05. The molecule has 0 aromatic carbocycles. The van der Waals surface area contributed by atoms with Crippen LogP contribution in [0.2, 0.25) is 0 Å². The minimum Gasteiger partial charge on any atom is -0.379 e. The Kier molecular flexibility index (Phi) is 2.13. The molecule has 3 saturated heterocycles. The van der Waals surface area contributed by atoms with Gasteiger partial charge in [0, 0.05) is 18.1 Å². The quantitative estimate of drug-likeness (QED) is 0.590. The van der Waals surface area contributed by atoms with Gasteiger partial charge in [-0.1, -0.05) is 6.92 Å². The van der Waals surface area contributed by atoms with Crippen molar-refractivity contribution < 1.29 is 4.74 Å². The van der Waals surface area contributed by atoms with Gasteiger partial charge in [-0.2, -0.15) is 0 Å². The molecule has 70 valence electrons. The average Bonchev–Trinajstić information content (AvgIpc) is 2.15. The van der Waals surface area contributed by atoms with E-state index >= 15 is 0 Å². The van der Waals surface area contributed by atoms with Crippen molar-refractivity contribution >= 4 is 0 Å². The molecule has 0 radical (unpaired) electrons. The lowest BCUT2D eigenvalue weighted by molar-refractivity contribution is -0.0300. The van der Waals surface area contributed by atoms with E-state index in [9.17, 15) is 0 Å². The van der Waals surface area contributed by atoms with Crippen LogP contribution in [0.1, 0.15) is 27.2 Å². The Labute approximate surface area is 74.9 Å².